The monoisotopic (exact) mass is 134 g/mol. The van der Waals surface area contributed by atoms with E-state index in [1.807, 2.05) is 0 Å². The van der Waals surface area contributed by atoms with E-state index in [1.165, 1.54) is 17.3 Å². The van der Waals surface area contributed by atoms with Crippen molar-refractivity contribution in [3.8, 4) is 0 Å². The second-order valence-electron chi connectivity index (χ2n) is 1.61. The van der Waals surface area contributed by atoms with Crippen LogP contribution < -0.4 is 0 Å². The van der Waals surface area contributed by atoms with E-state index in [-0.39, 0.29) is 0 Å². The van der Waals surface area contributed by atoms with Gasteiger partial charge >= 0.3 is 0 Å². The Bertz CT molecular complexity index is 50.0. The van der Waals surface area contributed by atoms with Gasteiger partial charge in [0.1, 0.15) is 0 Å². The van der Waals surface area contributed by atoms with Crippen LogP contribution in [0.25, 0.3) is 0 Å². The molecule has 1 aliphatic heterocycles. The summed E-state index contributed by atoms with van der Waals surface area (Å²) in [5, 5.41) is 1.03. The normalized spacial score (nSPS) is 27.9. The Hall–Kier alpha value is 0.700. The molecule has 0 aromatic heterocycles. The minimum Gasteiger partial charge on any atom is -0.161 e. The molecule has 0 aliphatic carbocycles. The lowest BCUT2D eigenvalue weighted by molar-refractivity contribution is 1.26. The molecule has 1 saturated heterocycles. The second-order valence-corrected chi connectivity index (χ2v) is 4.27. The van der Waals surface area contributed by atoms with E-state index in [2.05, 4.69) is 30.4 Å². The predicted molar refractivity (Wildman–Crippen MR) is 39.2 cm³/mol. The molecule has 0 aromatic rings. The van der Waals surface area contributed by atoms with E-state index >= 15 is 0 Å². The summed E-state index contributed by atoms with van der Waals surface area (Å²) in [5.41, 5.74) is 0. The van der Waals surface area contributed by atoms with Crippen molar-refractivity contribution < 1.29 is 0 Å². The van der Waals surface area contributed by atoms with Gasteiger partial charge in [0.05, 0.1) is 0 Å². The molecule has 2 heteroatoms. The van der Waals surface area contributed by atoms with Crippen LogP contribution in [-0.2, 0) is 0 Å². The van der Waals surface area contributed by atoms with Gasteiger partial charge in [-0.1, -0.05) is 6.92 Å². The highest BCUT2D eigenvalue weighted by molar-refractivity contribution is 8.08. The lowest BCUT2D eigenvalue weighted by atomic mass is 10.6. The predicted octanol–water partition coefficient (Wildman–Crippen LogP) is 1.85. The Labute approximate surface area is 53.4 Å². The van der Waals surface area contributed by atoms with Crippen molar-refractivity contribution in [2.24, 2.45) is 0 Å². The molecule has 0 amide bonds. The van der Waals surface area contributed by atoms with E-state index in [1.54, 1.807) is 0 Å². The molecule has 1 heterocycles. The van der Waals surface area contributed by atoms with Gasteiger partial charge in [0, 0.05) is 16.8 Å². The smallest absolute Gasteiger partial charge is 0.0229 e. The van der Waals surface area contributed by atoms with Crippen molar-refractivity contribution in [1.29, 1.82) is 0 Å². The SMILES string of the molecule is CCSCC1CS1. The summed E-state index contributed by atoms with van der Waals surface area (Å²) in [5.74, 6) is 4.10. The molecule has 1 unspecified atom stereocenters. The molecule has 1 rings (SSSR count). The summed E-state index contributed by atoms with van der Waals surface area (Å²) in [6, 6.07) is 0. The van der Waals surface area contributed by atoms with E-state index in [4.69, 9.17) is 0 Å². The standard InChI is InChI=1S/C5H10S2/c1-2-6-3-5-4-7-5/h5H,2-4H2,1H3. The highest BCUT2D eigenvalue weighted by atomic mass is 32.2. The Morgan fingerprint density at radius 1 is 1.86 bits per heavy atom. The zero-order valence-corrected chi connectivity index (χ0v) is 6.15. The molecule has 0 saturated carbocycles. The maximum atomic E-state index is 2.22. The van der Waals surface area contributed by atoms with Crippen LogP contribution >= 0.6 is 23.5 Å². The van der Waals surface area contributed by atoms with Crippen LogP contribution in [0.2, 0.25) is 0 Å². The zero-order valence-electron chi connectivity index (χ0n) is 4.52. The Morgan fingerprint density at radius 2 is 2.57 bits per heavy atom. The Kier molecular flexibility index (Phi) is 2.40. The first kappa shape index (κ1) is 5.83. The third kappa shape index (κ3) is 2.50. The van der Waals surface area contributed by atoms with Gasteiger partial charge in [-0.05, 0) is 5.75 Å². The maximum Gasteiger partial charge on any atom is 0.0229 e. The van der Waals surface area contributed by atoms with Crippen LogP contribution in [0.3, 0.4) is 0 Å². The van der Waals surface area contributed by atoms with Crippen molar-refractivity contribution >= 4 is 23.5 Å². The second kappa shape index (κ2) is 2.88. The van der Waals surface area contributed by atoms with Crippen molar-refractivity contribution in [3.05, 3.63) is 0 Å². The third-order valence-electron chi connectivity index (χ3n) is 0.910. The molecule has 0 bridgehead atoms. The minimum absolute atomic E-state index is 1.03. The van der Waals surface area contributed by atoms with Gasteiger partial charge in [0.2, 0.25) is 0 Å². The topological polar surface area (TPSA) is 0 Å². The Balaban J connectivity index is 1.80. The highest BCUT2D eigenvalue weighted by Gasteiger charge is 2.20. The van der Waals surface area contributed by atoms with Crippen molar-refractivity contribution in [2.45, 2.75) is 12.2 Å². The van der Waals surface area contributed by atoms with E-state index in [0.717, 1.165) is 5.25 Å². The van der Waals surface area contributed by atoms with E-state index < -0.39 is 0 Å². The number of thioether (sulfide) groups is 2. The van der Waals surface area contributed by atoms with Gasteiger partial charge in [-0.2, -0.15) is 23.5 Å². The molecule has 1 atom stereocenters. The van der Waals surface area contributed by atoms with Crippen molar-refractivity contribution in [3.63, 3.8) is 0 Å². The Morgan fingerprint density at radius 3 is 3.00 bits per heavy atom. The fraction of sp³-hybridized carbons (Fsp3) is 1.00. The summed E-state index contributed by atoms with van der Waals surface area (Å²) in [4.78, 5) is 0. The van der Waals surface area contributed by atoms with Gasteiger partial charge in [-0.25, -0.2) is 0 Å². The number of hydrogen-bond acceptors (Lipinski definition) is 2. The molecule has 0 aromatic carbocycles. The fourth-order valence-corrected chi connectivity index (χ4v) is 2.11. The molecule has 42 valence electrons. The van der Waals surface area contributed by atoms with Crippen LogP contribution in [-0.4, -0.2) is 22.5 Å². The molecule has 0 spiro atoms. The lowest BCUT2D eigenvalue weighted by Gasteiger charge is -1.88. The molecule has 1 fully saturated rings. The van der Waals surface area contributed by atoms with Crippen LogP contribution in [0, 0.1) is 0 Å². The zero-order chi connectivity index (χ0) is 5.11. The van der Waals surface area contributed by atoms with E-state index in [9.17, 15) is 0 Å². The average molecular weight is 134 g/mol. The van der Waals surface area contributed by atoms with Crippen LogP contribution in [0.15, 0.2) is 0 Å². The fourth-order valence-electron chi connectivity index (χ4n) is 0.414. The molecule has 0 nitrogen and oxygen atoms in total. The molecular formula is C5H10S2. The maximum absolute atomic E-state index is 2.22. The summed E-state index contributed by atoms with van der Waals surface area (Å²) in [7, 11) is 0. The number of rotatable bonds is 3. The van der Waals surface area contributed by atoms with Crippen molar-refractivity contribution in [2.75, 3.05) is 17.3 Å². The summed E-state index contributed by atoms with van der Waals surface area (Å²) < 4.78 is 0. The molecular weight excluding hydrogens is 124 g/mol. The van der Waals surface area contributed by atoms with Gasteiger partial charge in [0.25, 0.3) is 0 Å². The number of hydrogen-bond donors (Lipinski definition) is 0. The first-order valence-corrected chi connectivity index (χ1v) is 4.83. The van der Waals surface area contributed by atoms with Crippen LogP contribution in [0.4, 0.5) is 0 Å². The van der Waals surface area contributed by atoms with Gasteiger partial charge in [-0.3, -0.25) is 0 Å². The summed E-state index contributed by atoms with van der Waals surface area (Å²) in [6.45, 7) is 2.22. The first-order chi connectivity index (χ1) is 3.43. The van der Waals surface area contributed by atoms with Crippen molar-refractivity contribution in [1.82, 2.24) is 0 Å². The van der Waals surface area contributed by atoms with Gasteiger partial charge in [0.15, 0.2) is 0 Å². The van der Waals surface area contributed by atoms with Gasteiger partial charge < -0.3 is 0 Å². The largest absolute Gasteiger partial charge is 0.161 e. The molecule has 0 N–H and O–H groups in total. The van der Waals surface area contributed by atoms with Crippen LogP contribution in [0.5, 0.6) is 0 Å². The first-order valence-electron chi connectivity index (χ1n) is 2.63. The average Bonchev–Trinajstić information content (AvgIpc) is 2.42. The molecule has 7 heavy (non-hydrogen) atoms. The summed E-state index contributed by atoms with van der Waals surface area (Å²) in [6.07, 6.45) is 0. The molecule has 0 radical (unpaired) electrons. The molecule has 1 aliphatic rings. The third-order valence-corrected chi connectivity index (χ3v) is 3.14. The van der Waals surface area contributed by atoms with E-state index in [0.29, 0.717) is 0 Å². The van der Waals surface area contributed by atoms with Gasteiger partial charge in [-0.15, -0.1) is 0 Å². The quantitative estimate of drug-likeness (QED) is 0.540. The minimum atomic E-state index is 1.03. The van der Waals surface area contributed by atoms with Crippen LogP contribution in [0.1, 0.15) is 6.92 Å². The highest BCUT2D eigenvalue weighted by Crippen LogP contribution is 2.32. The lowest BCUT2D eigenvalue weighted by Crippen LogP contribution is -1.85. The summed E-state index contributed by atoms with van der Waals surface area (Å²) >= 11 is 4.15.